The van der Waals surface area contributed by atoms with Crippen molar-refractivity contribution < 1.29 is 22.4 Å². The second kappa shape index (κ2) is 12.8. The number of nitrogens with zero attached hydrogens (tertiary/aromatic N) is 2. The lowest BCUT2D eigenvalue weighted by molar-refractivity contribution is -0.141. The molecule has 0 aliphatic heterocycles. The van der Waals surface area contributed by atoms with Crippen LogP contribution in [0.25, 0.3) is 0 Å². The zero-order valence-corrected chi connectivity index (χ0v) is 24.9. The Labute approximate surface area is 241 Å². The summed E-state index contributed by atoms with van der Waals surface area (Å²) in [5.74, 6) is -1.40. The summed E-state index contributed by atoms with van der Waals surface area (Å²) < 4.78 is 42.3. The number of anilines is 1. The number of carbonyl (C=O) groups excluding carboxylic acids is 2. The van der Waals surface area contributed by atoms with Crippen LogP contribution in [-0.2, 0) is 26.2 Å². The zero-order valence-electron chi connectivity index (χ0n) is 23.3. The van der Waals surface area contributed by atoms with Crippen molar-refractivity contribution in [2.45, 2.75) is 64.1 Å². The molecule has 7 nitrogen and oxygen atoms in total. The maximum atomic E-state index is 14.0. The maximum absolute atomic E-state index is 14.0. The fourth-order valence-corrected chi connectivity index (χ4v) is 5.67. The van der Waals surface area contributed by atoms with Crippen LogP contribution in [0.15, 0.2) is 77.7 Å². The first kappa shape index (κ1) is 31.1. The molecule has 10 heteroatoms. The highest BCUT2D eigenvalue weighted by atomic mass is 35.5. The van der Waals surface area contributed by atoms with Crippen molar-refractivity contribution in [2.75, 3.05) is 10.8 Å². The van der Waals surface area contributed by atoms with Crippen molar-refractivity contribution >= 4 is 39.1 Å². The smallest absolute Gasteiger partial charge is 0.264 e. The summed E-state index contributed by atoms with van der Waals surface area (Å²) in [7, 11) is -4.18. The second-order valence-electron chi connectivity index (χ2n) is 10.6. The van der Waals surface area contributed by atoms with Gasteiger partial charge in [0, 0.05) is 17.1 Å². The Hall–Kier alpha value is -3.43. The minimum absolute atomic E-state index is 0.0171. The molecule has 0 fully saturated rings. The molecule has 0 bridgehead atoms. The summed E-state index contributed by atoms with van der Waals surface area (Å²) in [6, 6.07) is 17.2. The summed E-state index contributed by atoms with van der Waals surface area (Å²) in [6.07, 6.45) is 0.278. The van der Waals surface area contributed by atoms with Gasteiger partial charge in [0.1, 0.15) is 18.4 Å². The average Bonchev–Trinajstić information content (AvgIpc) is 2.88. The Balaban J connectivity index is 2.06. The van der Waals surface area contributed by atoms with E-state index < -0.39 is 39.9 Å². The van der Waals surface area contributed by atoms with Gasteiger partial charge in [-0.05, 0) is 88.2 Å². The van der Waals surface area contributed by atoms with Crippen LogP contribution >= 0.6 is 11.6 Å². The molecule has 2 amide bonds. The summed E-state index contributed by atoms with van der Waals surface area (Å²) >= 11 is 6.06. The molecule has 3 aromatic carbocycles. The molecule has 0 aromatic heterocycles. The van der Waals surface area contributed by atoms with E-state index in [2.05, 4.69) is 5.32 Å². The molecule has 0 radical (unpaired) electrons. The third-order valence-corrected chi connectivity index (χ3v) is 8.19. The minimum atomic E-state index is -4.18. The number of amides is 2. The lowest BCUT2D eigenvalue weighted by Crippen LogP contribution is -2.55. The lowest BCUT2D eigenvalue weighted by Gasteiger charge is -2.34. The van der Waals surface area contributed by atoms with Crippen LogP contribution < -0.4 is 9.62 Å². The fraction of sp³-hybridized carbons (Fsp3) is 0.333. The van der Waals surface area contributed by atoms with Gasteiger partial charge in [-0.2, -0.15) is 0 Å². The van der Waals surface area contributed by atoms with E-state index in [1.165, 1.54) is 53.4 Å². The molecule has 1 N–H and O–H groups in total. The predicted octanol–water partition coefficient (Wildman–Crippen LogP) is 5.70. The van der Waals surface area contributed by atoms with Crippen LogP contribution in [0.3, 0.4) is 0 Å². The first-order chi connectivity index (χ1) is 18.7. The third kappa shape index (κ3) is 8.05. The molecule has 1 atom stereocenters. The number of carbonyl (C=O) groups is 2. The van der Waals surface area contributed by atoms with E-state index in [0.29, 0.717) is 10.6 Å². The molecule has 40 heavy (non-hydrogen) atoms. The van der Waals surface area contributed by atoms with Crippen molar-refractivity contribution in [1.82, 2.24) is 10.2 Å². The van der Waals surface area contributed by atoms with E-state index in [1.807, 2.05) is 27.7 Å². The Bertz CT molecular complexity index is 1420. The highest BCUT2D eigenvalue weighted by Crippen LogP contribution is 2.26. The first-order valence-electron chi connectivity index (χ1n) is 12.9. The van der Waals surface area contributed by atoms with Crippen LogP contribution in [0.1, 0.15) is 45.2 Å². The van der Waals surface area contributed by atoms with Crippen LogP contribution in [0, 0.1) is 12.7 Å². The molecule has 0 saturated carbocycles. The number of rotatable bonds is 10. The molecule has 0 saturated heterocycles. The van der Waals surface area contributed by atoms with Crippen LogP contribution in [0.4, 0.5) is 10.1 Å². The Morgan fingerprint density at radius 3 is 2.05 bits per heavy atom. The average molecular weight is 588 g/mol. The summed E-state index contributed by atoms with van der Waals surface area (Å²) in [4.78, 5) is 28.7. The number of hydrogen-bond acceptors (Lipinski definition) is 4. The first-order valence-corrected chi connectivity index (χ1v) is 14.7. The quantitative estimate of drug-likeness (QED) is 0.329. The van der Waals surface area contributed by atoms with Gasteiger partial charge in [0.25, 0.3) is 10.0 Å². The largest absolute Gasteiger partial charge is 0.350 e. The van der Waals surface area contributed by atoms with Gasteiger partial charge in [0.15, 0.2) is 0 Å². The standard InChI is InChI=1S/C30H35ClFN3O4S/c1-6-27(29(37)33-30(3,4)5)34(19-22-9-13-24(32)14-10-22)28(36)20-35(25-15-11-23(31)12-16-25)40(38,39)26-17-7-21(2)8-18-26/h7-18,27H,6,19-20H2,1-5H3,(H,33,37)/t27-/m1/s1. The molecule has 0 aliphatic carbocycles. The van der Waals surface area contributed by atoms with Gasteiger partial charge < -0.3 is 10.2 Å². The Morgan fingerprint density at radius 2 is 1.52 bits per heavy atom. The van der Waals surface area contributed by atoms with E-state index >= 15 is 0 Å². The van der Waals surface area contributed by atoms with Crippen molar-refractivity contribution in [1.29, 1.82) is 0 Å². The fourth-order valence-electron chi connectivity index (χ4n) is 4.13. The van der Waals surface area contributed by atoms with Gasteiger partial charge in [-0.15, -0.1) is 0 Å². The SMILES string of the molecule is CC[C@H](C(=O)NC(C)(C)C)N(Cc1ccc(F)cc1)C(=O)CN(c1ccc(Cl)cc1)S(=O)(=O)c1ccc(C)cc1. The number of aryl methyl sites for hydroxylation is 1. The van der Waals surface area contributed by atoms with E-state index in [-0.39, 0.29) is 29.5 Å². The van der Waals surface area contributed by atoms with E-state index in [1.54, 1.807) is 31.2 Å². The van der Waals surface area contributed by atoms with E-state index in [9.17, 15) is 22.4 Å². The summed E-state index contributed by atoms with van der Waals surface area (Å²) in [6.45, 7) is 8.53. The predicted molar refractivity (Wildman–Crippen MR) is 156 cm³/mol. The molecule has 0 unspecified atom stereocenters. The normalized spacial score (nSPS) is 12.5. The number of halogens is 2. The molecule has 0 spiro atoms. The van der Waals surface area contributed by atoms with Crippen molar-refractivity contribution in [2.24, 2.45) is 0 Å². The number of nitrogens with one attached hydrogen (secondary N) is 1. The van der Waals surface area contributed by atoms with Gasteiger partial charge in [-0.25, -0.2) is 12.8 Å². The van der Waals surface area contributed by atoms with Gasteiger partial charge in [-0.1, -0.05) is 48.4 Å². The van der Waals surface area contributed by atoms with Crippen LogP contribution in [0.2, 0.25) is 5.02 Å². The lowest BCUT2D eigenvalue weighted by atomic mass is 10.1. The van der Waals surface area contributed by atoms with Crippen LogP contribution in [0.5, 0.6) is 0 Å². The molecular weight excluding hydrogens is 553 g/mol. The Morgan fingerprint density at radius 1 is 0.950 bits per heavy atom. The molecule has 0 heterocycles. The van der Waals surface area contributed by atoms with Crippen LogP contribution in [-0.4, -0.2) is 43.3 Å². The van der Waals surface area contributed by atoms with E-state index in [0.717, 1.165) is 9.87 Å². The summed E-state index contributed by atoms with van der Waals surface area (Å²) in [5, 5.41) is 3.32. The molecule has 3 rings (SSSR count). The van der Waals surface area contributed by atoms with Gasteiger partial charge >= 0.3 is 0 Å². The van der Waals surface area contributed by atoms with Gasteiger partial charge in [-0.3, -0.25) is 13.9 Å². The highest BCUT2D eigenvalue weighted by Gasteiger charge is 2.34. The van der Waals surface area contributed by atoms with Gasteiger partial charge in [0.05, 0.1) is 10.6 Å². The maximum Gasteiger partial charge on any atom is 0.264 e. The van der Waals surface area contributed by atoms with Crippen molar-refractivity contribution in [3.05, 3.63) is 94.8 Å². The van der Waals surface area contributed by atoms with Crippen molar-refractivity contribution in [3.8, 4) is 0 Å². The molecular formula is C30H35ClFN3O4S. The molecule has 3 aromatic rings. The number of hydrogen-bond donors (Lipinski definition) is 1. The monoisotopic (exact) mass is 587 g/mol. The number of benzene rings is 3. The number of sulfonamides is 1. The topological polar surface area (TPSA) is 86.8 Å². The van der Waals surface area contributed by atoms with E-state index in [4.69, 9.17) is 11.6 Å². The molecule has 214 valence electrons. The summed E-state index contributed by atoms with van der Waals surface area (Å²) in [5.41, 5.74) is 1.16. The van der Waals surface area contributed by atoms with Crippen molar-refractivity contribution in [3.63, 3.8) is 0 Å². The Kier molecular flexibility index (Phi) is 9.97. The van der Waals surface area contributed by atoms with Gasteiger partial charge in [0.2, 0.25) is 11.8 Å². The molecule has 0 aliphatic rings. The highest BCUT2D eigenvalue weighted by molar-refractivity contribution is 7.92. The minimum Gasteiger partial charge on any atom is -0.350 e. The third-order valence-electron chi connectivity index (χ3n) is 6.15. The second-order valence-corrected chi connectivity index (χ2v) is 12.9. The zero-order chi connectivity index (χ0) is 29.7.